The third-order valence-corrected chi connectivity index (χ3v) is 3.38. The smallest absolute Gasteiger partial charge is 0.191 e. The highest BCUT2D eigenvalue weighted by Crippen LogP contribution is 2.11. The van der Waals surface area contributed by atoms with E-state index in [9.17, 15) is 0 Å². The summed E-state index contributed by atoms with van der Waals surface area (Å²) in [5.74, 6) is 1.94. The Kier molecular flexibility index (Phi) is 12.9. The highest BCUT2D eigenvalue weighted by atomic mass is 127. The number of rotatable bonds is 8. The summed E-state index contributed by atoms with van der Waals surface area (Å²) in [7, 11) is 1.72. The van der Waals surface area contributed by atoms with Gasteiger partial charge in [0, 0.05) is 26.0 Å². The molecule has 120 valence electrons. The van der Waals surface area contributed by atoms with Gasteiger partial charge in [-0.05, 0) is 24.3 Å². The fourth-order valence-corrected chi connectivity index (χ4v) is 2.09. The number of benzene rings is 1. The minimum absolute atomic E-state index is 0. The maximum Gasteiger partial charge on any atom is 0.191 e. The summed E-state index contributed by atoms with van der Waals surface area (Å²) in [6.45, 7) is 5.15. The van der Waals surface area contributed by atoms with Crippen LogP contribution in [0, 0.1) is 0 Å². The van der Waals surface area contributed by atoms with Crippen LogP contribution in [-0.4, -0.2) is 38.2 Å². The molecule has 1 rings (SSSR count). The van der Waals surface area contributed by atoms with E-state index in [4.69, 9.17) is 4.74 Å². The highest BCUT2D eigenvalue weighted by Gasteiger charge is 2.02. The quantitative estimate of drug-likeness (QED) is 0.292. The minimum Gasteiger partial charge on any atom is -0.380 e. The first-order valence-corrected chi connectivity index (χ1v) is 8.28. The van der Waals surface area contributed by atoms with E-state index in [1.165, 1.54) is 11.1 Å². The SMILES string of the molecule is CCNC(=NCc1ccccc1COC)NCCSC.I. The summed E-state index contributed by atoms with van der Waals surface area (Å²) in [6.07, 6.45) is 2.10. The van der Waals surface area contributed by atoms with Crippen molar-refractivity contribution < 1.29 is 4.74 Å². The van der Waals surface area contributed by atoms with Crippen LogP contribution in [-0.2, 0) is 17.9 Å². The Morgan fingerprint density at radius 2 is 1.95 bits per heavy atom. The molecule has 21 heavy (non-hydrogen) atoms. The summed E-state index contributed by atoms with van der Waals surface area (Å²) >= 11 is 1.82. The average molecular weight is 423 g/mol. The second-order valence-electron chi connectivity index (χ2n) is 4.32. The van der Waals surface area contributed by atoms with E-state index in [0.29, 0.717) is 13.2 Å². The van der Waals surface area contributed by atoms with Crippen LogP contribution in [0.4, 0.5) is 0 Å². The van der Waals surface area contributed by atoms with Gasteiger partial charge in [-0.15, -0.1) is 24.0 Å². The molecule has 0 aliphatic heterocycles. The number of hydrogen-bond acceptors (Lipinski definition) is 3. The zero-order valence-corrected chi connectivity index (χ0v) is 16.2. The molecule has 0 spiro atoms. The minimum atomic E-state index is 0. The number of nitrogens with one attached hydrogen (secondary N) is 2. The first kappa shape index (κ1) is 20.5. The number of aliphatic imine (C=N–C) groups is 1. The van der Waals surface area contributed by atoms with Crippen LogP contribution < -0.4 is 10.6 Å². The predicted octanol–water partition coefficient (Wildman–Crippen LogP) is 2.87. The number of methoxy groups -OCH3 is 1. The molecule has 0 aliphatic carbocycles. The molecule has 4 nitrogen and oxygen atoms in total. The summed E-state index contributed by atoms with van der Waals surface area (Å²) in [5, 5.41) is 6.59. The Hall–Kier alpha value is -0.470. The van der Waals surface area contributed by atoms with Gasteiger partial charge in [-0.25, -0.2) is 4.99 Å². The number of thioether (sulfide) groups is 1. The summed E-state index contributed by atoms with van der Waals surface area (Å²) < 4.78 is 5.22. The number of ether oxygens (including phenoxy) is 1. The van der Waals surface area contributed by atoms with Crippen LogP contribution in [0.15, 0.2) is 29.3 Å². The molecule has 0 saturated carbocycles. The van der Waals surface area contributed by atoms with E-state index in [2.05, 4.69) is 40.9 Å². The molecule has 0 radical (unpaired) electrons. The van der Waals surface area contributed by atoms with Crippen molar-refractivity contribution in [1.29, 1.82) is 0 Å². The first-order valence-electron chi connectivity index (χ1n) is 6.88. The Labute approximate surface area is 149 Å². The molecule has 0 aliphatic rings. The second-order valence-corrected chi connectivity index (χ2v) is 5.30. The van der Waals surface area contributed by atoms with Crippen molar-refractivity contribution in [2.24, 2.45) is 4.99 Å². The number of guanidine groups is 1. The lowest BCUT2D eigenvalue weighted by atomic mass is 10.1. The standard InChI is InChI=1S/C15H25N3OS.HI/c1-4-16-15(17-9-10-20-3)18-11-13-7-5-6-8-14(13)12-19-2;/h5-8H,4,9-12H2,1-3H3,(H2,16,17,18);1H. The molecule has 2 N–H and O–H groups in total. The fraction of sp³-hybridized carbons (Fsp3) is 0.533. The molecule has 0 amide bonds. The van der Waals surface area contributed by atoms with Crippen molar-refractivity contribution >= 4 is 41.7 Å². The molecule has 1 aromatic rings. The third kappa shape index (κ3) is 8.53. The van der Waals surface area contributed by atoms with Crippen molar-refractivity contribution in [2.45, 2.75) is 20.1 Å². The van der Waals surface area contributed by atoms with Gasteiger partial charge in [0.1, 0.15) is 0 Å². The molecule has 0 bridgehead atoms. The van der Waals surface area contributed by atoms with Gasteiger partial charge >= 0.3 is 0 Å². The largest absolute Gasteiger partial charge is 0.380 e. The van der Waals surface area contributed by atoms with Gasteiger partial charge in [0.05, 0.1) is 13.2 Å². The zero-order valence-electron chi connectivity index (χ0n) is 13.0. The zero-order chi connectivity index (χ0) is 14.6. The molecule has 0 saturated heterocycles. The van der Waals surface area contributed by atoms with Crippen molar-refractivity contribution in [3.05, 3.63) is 35.4 Å². The Morgan fingerprint density at radius 3 is 2.57 bits per heavy atom. The van der Waals surface area contributed by atoms with E-state index in [1.807, 2.05) is 23.9 Å². The normalized spacial score (nSPS) is 10.9. The summed E-state index contributed by atoms with van der Waals surface area (Å²) in [4.78, 5) is 4.63. The molecular formula is C15H26IN3OS. The summed E-state index contributed by atoms with van der Waals surface area (Å²) in [5.41, 5.74) is 2.40. The number of hydrogen-bond donors (Lipinski definition) is 2. The van der Waals surface area contributed by atoms with E-state index >= 15 is 0 Å². The molecule has 6 heteroatoms. The fourth-order valence-electron chi connectivity index (χ4n) is 1.79. The molecule has 0 aromatic heterocycles. The first-order chi connectivity index (χ1) is 9.81. The van der Waals surface area contributed by atoms with Crippen LogP contribution >= 0.6 is 35.7 Å². The van der Waals surface area contributed by atoms with Crippen molar-refractivity contribution in [1.82, 2.24) is 10.6 Å². The molecule has 0 unspecified atom stereocenters. The van der Waals surface area contributed by atoms with Gasteiger partial charge in [0.15, 0.2) is 5.96 Å². The highest BCUT2D eigenvalue weighted by molar-refractivity contribution is 14.0. The van der Waals surface area contributed by atoms with Crippen LogP contribution in [0.3, 0.4) is 0 Å². The van der Waals surface area contributed by atoms with Crippen molar-refractivity contribution in [3.63, 3.8) is 0 Å². The maximum atomic E-state index is 5.22. The topological polar surface area (TPSA) is 45.7 Å². The van der Waals surface area contributed by atoms with Gasteiger partial charge < -0.3 is 15.4 Å². The molecule has 0 heterocycles. The van der Waals surface area contributed by atoms with E-state index in [0.717, 1.165) is 24.8 Å². The lowest BCUT2D eigenvalue weighted by Crippen LogP contribution is -2.38. The summed E-state index contributed by atoms with van der Waals surface area (Å²) in [6, 6.07) is 8.26. The lowest BCUT2D eigenvalue weighted by molar-refractivity contribution is 0.184. The molecule has 0 atom stereocenters. The van der Waals surface area contributed by atoms with Gasteiger partial charge in [0.2, 0.25) is 0 Å². The van der Waals surface area contributed by atoms with Crippen LogP contribution in [0.5, 0.6) is 0 Å². The molecule has 1 aromatic carbocycles. The van der Waals surface area contributed by atoms with E-state index in [-0.39, 0.29) is 24.0 Å². The van der Waals surface area contributed by atoms with Gasteiger partial charge in [-0.3, -0.25) is 0 Å². The average Bonchev–Trinajstić information content (AvgIpc) is 2.46. The predicted molar refractivity (Wildman–Crippen MR) is 104 cm³/mol. The van der Waals surface area contributed by atoms with Crippen molar-refractivity contribution in [2.75, 3.05) is 32.2 Å². The van der Waals surface area contributed by atoms with E-state index in [1.54, 1.807) is 7.11 Å². The Bertz CT molecular complexity index is 416. The van der Waals surface area contributed by atoms with Gasteiger partial charge in [0.25, 0.3) is 0 Å². The van der Waals surface area contributed by atoms with Crippen LogP contribution in [0.1, 0.15) is 18.1 Å². The van der Waals surface area contributed by atoms with E-state index < -0.39 is 0 Å². The Morgan fingerprint density at radius 1 is 1.24 bits per heavy atom. The maximum absolute atomic E-state index is 5.22. The monoisotopic (exact) mass is 423 g/mol. The number of halogens is 1. The van der Waals surface area contributed by atoms with Crippen LogP contribution in [0.2, 0.25) is 0 Å². The Balaban J connectivity index is 0.00000400. The second kappa shape index (κ2) is 13.2. The van der Waals surface area contributed by atoms with Gasteiger partial charge in [-0.1, -0.05) is 24.3 Å². The number of nitrogens with zero attached hydrogens (tertiary/aromatic N) is 1. The third-order valence-electron chi connectivity index (χ3n) is 2.77. The molecule has 0 fully saturated rings. The van der Waals surface area contributed by atoms with Crippen LogP contribution in [0.25, 0.3) is 0 Å². The lowest BCUT2D eigenvalue weighted by Gasteiger charge is -2.11. The molecular weight excluding hydrogens is 397 g/mol. The van der Waals surface area contributed by atoms with Gasteiger partial charge in [-0.2, -0.15) is 11.8 Å². The van der Waals surface area contributed by atoms with Crippen molar-refractivity contribution in [3.8, 4) is 0 Å².